The molecule has 0 heterocycles. The number of alkyl halides is 1. The van der Waals surface area contributed by atoms with Gasteiger partial charge in [0.1, 0.15) is 12.6 Å². The molecule has 126 valence electrons. The Hall–Kier alpha value is -2.14. The fraction of sp³-hybridized carbons (Fsp3) is 0.263. The van der Waals surface area contributed by atoms with Gasteiger partial charge in [-0.05, 0) is 17.5 Å². The first-order valence-electron chi connectivity index (χ1n) is 7.79. The SMILES string of the molecule is O=C(CCc1ccccc1)N[C@H](CBr)C(=O)OCc1ccccc1. The summed E-state index contributed by atoms with van der Waals surface area (Å²) in [6.07, 6.45) is 0.972. The van der Waals surface area contributed by atoms with Crippen LogP contribution < -0.4 is 5.32 Å². The van der Waals surface area contributed by atoms with E-state index >= 15 is 0 Å². The molecule has 0 radical (unpaired) electrons. The lowest BCUT2D eigenvalue weighted by atomic mass is 10.1. The van der Waals surface area contributed by atoms with Crippen LogP contribution in [0.25, 0.3) is 0 Å². The molecule has 1 amide bonds. The van der Waals surface area contributed by atoms with E-state index in [1.165, 1.54) is 0 Å². The molecule has 0 unspecified atom stereocenters. The maximum Gasteiger partial charge on any atom is 0.329 e. The number of carbonyl (C=O) groups is 2. The molecule has 0 saturated carbocycles. The van der Waals surface area contributed by atoms with Gasteiger partial charge in [-0.2, -0.15) is 0 Å². The van der Waals surface area contributed by atoms with Gasteiger partial charge in [-0.15, -0.1) is 0 Å². The zero-order chi connectivity index (χ0) is 17.2. The molecular formula is C19H20BrNO3. The Morgan fingerprint density at radius 1 is 0.958 bits per heavy atom. The van der Waals surface area contributed by atoms with E-state index in [1.807, 2.05) is 60.7 Å². The largest absolute Gasteiger partial charge is 0.459 e. The van der Waals surface area contributed by atoms with Crippen LogP contribution in [0.5, 0.6) is 0 Å². The molecular weight excluding hydrogens is 370 g/mol. The minimum Gasteiger partial charge on any atom is -0.459 e. The Bertz CT molecular complexity index is 646. The lowest BCUT2D eigenvalue weighted by molar-refractivity contribution is -0.148. The summed E-state index contributed by atoms with van der Waals surface area (Å²) in [6, 6.07) is 18.5. The molecule has 4 nitrogen and oxygen atoms in total. The molecule has 0 aliphatic heterocycles. The first kappa shape index (κ1) is 18.2. The van der Waals surface area contributed by atoms with E-state index in [0.717, 1.165) is 11.1 Å². The maximum absolute atomic E-state index is 12.1. The number of amides is 1. The highest BCUT2D eigenvalue weighted by Gasteiger charge is 2.21. The first-order chi connectivity index (χ1) is 11.7. The molecule has 1 N–H and O–H groups in total. The van der Waals surface area contributed by atoms with Crippen molar-refractivity contribution in [2.45, 2.75) is 25.5 Å². The summed E-state index contributed by atoms with van der Waals surface area (Å²) in [5.74, 6) is -0.608. The van der Waals surface area contributed by atoms with Gasteiger partial charge in [0.05, 0.1) is 0 Å². The van der Waals surface area contributed by atoms with Crippen molar-refractivity contribution in [3.63, 3.8) is 0 Å². The summed E-state index contributed by atoms with van der Waals surface area (Å²) >= 11 is 3.25. The van der Waals surface area contributed by atoms with Crippen LogP contribution >= 0.6 is 15.9 Å². The molecule has 0 aliphatic carbocycles. The number of rotatable bonds is 8. The van der Waals surface area contributed by atoms with Crippen molar-refractivity contribution in [2.24, 2.45) is 0 Å². The molecule has 0 aliphatic rings. The number of hydrogen-bond acceptors (Lipinski definition) is 3. The smallest absolute Gasteiger partial charge is 0.329 e. The second-order valence-corrected chi connectivity index (χ2v) is 6.00. The van der Waals surface area contributed by atoms with E-state index in [4.69, 9.17) is 4.74 Å². The molecule has 2 rings (SSSR count). The van der Waals surface area contributed by atoms with E-state index in [0.29, 0.717) is 18.2 Å². The zero-order valence-corrected chi connectivity index (χ0v) is 14.9. The van der Waals surface area contributed by atoms with Gasteiger partial charge in [0.2, 0.25) is 5.91 Å². The van der Waals surface area contributed by atoms with Crippen LogP contribution in [0.2, 0.25) is 0 Å². The third-order valence-electron chi connectivity index (χ3n) is 3.48. The zero-order valence-electron chi connectivity index (χ0n) is 13.3. The van der Waals surface area contributed by atoms with Crippen LogP contribution in [0.4, 0.5) is 0 Å². The summed E-state index contributed by atoms with van der Waals surface area (Å²) in [7, 11) is 0. The molecule has 0 saturated heterocycles. The van der Waals surface area contributed by atoms with Crippen LogP contribution in [-0.2, 0) is 27.4 Å². The summed E-state index contributed by atoms with van der Waals surface area (Å²) in [6.45, 7) is 0.197. The van der Waals surface area contributed by atoms with Crippen LogP contribution in [0, 0.1) is 0 Å². The minimum absolute atomic E-state index is 0.167. The standard InChI is InChI=1S/C19H20BrNO3/c20-13-17(19(23)24-14-16-9-5-2-6-10-16)21-18(22)12-11-15-7-3-1-4-8-15/h1-10,17H,11-14H2,(H,21,22)/t17-/m1/s1. The quantitative estimate of drug-likeness (QED) is 0.556. The van der Waals surface area contributed by atoms with Crippen molar-refractivity contribution in [3.8, 4) is 0 Å². The topological polar surface area (TPSA) is 55.4 Å². The molecule has 2 aromatic rings. The second-order valence-electron chi connectivity index (χ2n) is 5.35. The van der Waals surface area contributed by atoms with Crippen molar-refractivity contribution < 1.29 is 14.3 Å². The van der Waals surface area contributed by atoms with Crippen molar-refractivity contribution in [2.75, 3.05) is 5.33 Å². The van der Waals surface area contributed by atoms with Crippen LogP contribution in [0.3, 0.4) is 0 Å². The van der Waals surface area contributed by atoms with Crippen LogP contribution in [-0.4, -0.2) is 23.2 Å². The van der Waals surface area contributed by atoms with E-state index in [1.54, 1.807) is 0 Å². The average Bonchev–Trinajstić information content (AvgIpc) is 2.64. The van der Waals surface area contributed by atoms with E-state index in [9.17, 15) is 9.59 Å². The molecule has 1 atom stereocenters. The Kier molecular flexibility index (Phi) is 7.49. The lowest BCUT2D eigenvalue weighted by Gasteiger charge is -2.15. The van der Waals surface area contributed by atoms with E-state index in [2.05, 4.69) is 21.2 Å². The van der Waals surface area contributed by atoms with Gasteiger partial charge in [-0.1, -0.05) is 76.6 Å². The van der Waals surface area contributed by atoms with Crippen molar-refractivity contribution >= 4 is 27.8 Å². The predicted octanol–water partition coefficient (Wildman–Crippen LogP) is 3.24. The van der Waals surface area contributed by atoms with Gasteiger partial charge in [0.15, 0.2) is 0 Å². The maximum atomic E-state index is 12.1. The number of esters is 1. The Morgan fingerprint density at radius 2 is 1.54 bits per heavy atom. The monoisotopic (exact) mass is 389 g/mol. The van der Waals surface area contributed by atoms with Gasteiger partial charge in [-0.3, -0.25) is 4.79 Å². The second kappa shape index (κ2) is 9.88. The molecule has 2 aromatic carbocycles. The summed E-state index contributed by atoms with van der Waals surface area (Å²) in [4.78, 5) is 24.1. The van der Waals surface area contributed by atoms with Gasteiger partial charge in [-0.25, -0.2) is 4.79 Å². The molecule has 0 bridgehead atoms. The number of hydrogen-bond donors (Lipinski definition) is 1. The van der Waals surface area contributed by atoms with Crippen LogP contribution in [0.15, 0.2) is 60.7 Å². The normalized spacial score (nSPS) is 11.5. The highest BCUT2D eigenvalue weighted by atomic mass is 79.9. The fourth-order valence-electron chi connectivity index (χ4n) is 2.16. The summed E-state index contributed by atoms with van der Waals surface area (Å²) in [5, 5.41) is 3.03. The Morgan fingerprint density at radius 3 is 2.12 bits per heavy atom. The van der Waals surface area contributed by atoms with Gasteiger partial charge in [0, 0.05) is 11.8 Å². The number of halogens is 1. The fourth-order valence-corrected chi connectivity index (χ4v) is 2.59. The Labute approximate surface area is 150 Å². The van der Waals surface area contributed by atoms with Gasteiger partial charge < -0.3 is 10.1 Å². The lowest BCUT2D eigenvalue weighted by Crippen LogP contribution is -2.43. The number of carbonyl (C=O) groups excluding carboxylic acids is 2. The highest BCUT2D eigenvalue weighted by Crippen LogP contribution is 2.05. The third kappa shape index (κ3) is 6.16. The summed E-state index contributed by atoms with van der Waals surface area (Å²) < 4.78 is 5.26. The molecule has 0 fully saturated rings. The Balaban J connectivity index is 1.77. The number of aryl methyl sites for hydroxylation is 1. The third-order valence-corrected chi connectivity index (χ3v) is 4.13. The molecule has 5 heteroatoms. The number of benzene rings is 2. The number of ether oxygens (including phenoxy) is 1. The molecule has 24 heavy (non-hydrogen) atoms. The minimum atomic E-state index is -0.683. The van der Waals surface area contributed by atoms with Crippen LogP contribution in [0.1, 0.15) is 17.5 Å². The predicted molar refractivity (Wildman–Crippen MR) is 96.7 cm³/mol. The highest BCUT2D eigenvalue weighted by molar-refractivity contribution is 9.09. The van der Waals surface area contributed by atoms with Gasteiger partial charge >= 0.3 is 5.97 Å². The molecule has 0 aromatic heterocycles. The number of nitrogens with one attached hydrogen (secondary N) is 1. The van der Waals surface area contributed by atoms with Crippen molar-refractivity contribution in [3.05, 3.63) is 71.8 Å². The summed E-state index contributed by atoms with van der Waals surface area (Å²) in [5.41, 5.74) is 2.00. The van der Waals surface area contributed by atoms with E-state index in [-0.39, 0.29) is 12.5 Å². The molecule has 0 spiro atoms. The first-order valence-corrected chi connectivity index (χ1v) is 8.91. The van der Waals surface area contributed by atoms with Crippen molar-refractivity contribution in [1.82, 2.24) is 5.32 Å². The average molecular weight is 390 g/mol. The van der Waals surface area contributed by atoms with Gasteiger partial charge in [0.25, 0.3) is 0 Å². The van der Waals surface area contributed by atoms with Crippen molar-refractivity contribution in [1.29, 1.82) is 0 Å². The van der Waals surface area contributed by atoms with E-state index < -0.39 is 12.0 Å².